The first-order valence-corrected chi connectivity index (χ1v) is 22.9. The fourth-order valence-corrected chi connectivity index (χ4v) is 7.45. The molecule has 14 nitrogen and oxygen atoms in total. The molecule has 58 heavy (non-hydrogen) atoms. The Morgan fingerprint density at radius 1 is 0.828 bits per heavy atom. The van der Waals surface area contributed by atoms with Crippen molar-refractivity contribution in [1.82, 2.24) is 20.9 Å². The molecule has 4 atom stereocenters. The summed E-state index contributed by atoms with van der Waals surface area (Å²) in [5, 5.41) is 9.16. The smallest absolute Gasteiger partial charge is 0.466 e. The highest BCUT2D eigenvalue weighted by Crippen LogP contribution is 2.49. The van der Waals surface area contributed by atoms with Gasteiger partial charge in [0.2, 0.25) is 17.7 Å². The van der Waals surface area contributed by atoms with Gasteiger partial charge in [0.25, 0.3) is 0 Å². The fourth-order valence-electron chi connectivity index (χ4n) is 6.28. The van der Waals surface area contributed by atoms with E-state index >= 15 is 0 Å². The first-order chi connectivity index (χ1) is 28.0. The van der Waals surface area contributed by atoms with Crippen molar-refractivity contribution in [3.05, 3.63) is 48.7 Å². The van der Waals surface area contributed by atoms with E-state index in [1.165, 1.54) is 70.3 Å². The molecule has 0 spiro atoms. The molecule has 2 unspecified atom stereocenters. The maximum atomic E-state index is 13.3. The van der Waals surface area contributed by atoms with Gasteiger partial charge in [0.1, 0.15) is 12.1 Å². The Hall–Kier alpha value is -3.55. The number of nitrogens with two attached hydrogens (primary N) is 1. The first kappa shape index (κ1) is 50.6. The lowest BCUT2D eigenvalue weighted by Crippen LogP contribution is -2.51. The van der Waals surface area contributed by atoms with Crippen molar-refractivity contribution >= 4 is 42.4 Å². The third-order valence-electron chi connectivity index (χ3n) is 9.96. The van der Waals surface area contributed by atoms with Gasteiger partial charge in [-0.2, -0.15) is 0 Å². The monoisotopic (exact) mass is 834 g/mol. The molecule has 0 fully saturated rings. The van der Waals surface area contributed by atoms with Crippen molar-refractivity contribution in [2.45, 2.75) is 142 Å². The van der Waals surface area contributed by atoms with Crippen LogP contribution in [0.5, 0.6) is 0 Å². The molecule has 0 bridgehead atoms. The summed E-state index contributed by atoms with van der Waals surface area (Å²) < 4.78 is 34.6. The number of esters is 1. The van der Waals surface area contributed by atoms with Gasteiger partial charge in [0.15, 0.2) is 0 Å². The van der Waals surface area contributed by atoms with Crippen LogP contribution in [0, 0.1) is 5.92 Å². The van der Waals surface area contributed by atoms with Crippen LogP contribution in [0.2, 0.25) is 0 Å². The lowest BCUT2D eigenvalue weighted by molar-refractivity contribution is -0.143. The SMILES string of the molecule is C=CCOP(=O)(OCCNC(=O)[C@@H](NC(=O)Cc1c[nH]c2ccccc12)[C@@H](C)CC)OCC(N)C(=O)NCCCOC(=O)CCCCCCCCCCCCCCC. The molecule has 1 aromatic heterocycles. The molecule has 15 heteroatoms. The largest absolute Gasteiger partial charge is 0.475 e. The third-order valence-corrected chi connectivity index (χ3v) is 11.4. The van der Waals surface area contributed by atoms with Crippen LogP contribution in [0.15, 0.2) is 43.1 Å². The molecule has 0 aliphatic carbocycles. The number of phosphoric ester groups is 1. The summed E-state index contributed by atoms with van der Waals surface area (Å²) >= 11 is 0. The van der Waals surface area contributed by atoms with Crippen LogP contribution in [0.4, 0.5) is 0 Å². The van der Waals surface area contributed by atoms with Crippen LogP contribution in [0.3, 0.4) is 0 Å². The van der Waals surface area contributed by atoms with Crippen LogP contribution in [-0.2, 0) is 48.5 Å². The summed E-state index contributed by atoms with van der Waals surface area (Å²) in [4.78, 5) is 53.9. The number of para-hydroxylation sites is 1. The fraction of sp³-hybridized carbons (Fsp3) is 0.674. The number of amides is 3. The van der Waals surface area contributed by atoms with Crippen molar-refractivity contribution in [3.63, 3.8) is 0 Å². The number of H-pyrrole nitrogens is 1. The second-order valence-electron chi connectivity index (χ2n) is 14.9. The standard InChI is InChI=1S/C43H72N5O9P/c1-5-8-9-10-11-12-13-14-15-16-17-18-19-25-40(50)54-29-22-26-45-42(51)37(44)33-57-58(53,55-28-6-2)56-30-27-46-43(52)41(34(4)7-3)48-39(49)31-35-32-47-38-24-21-20-23-36(35)38/h6,20-21,23-24,32,34,37,41,47H,2,5,7-19,22,25-31,33,44H2,1,3-4H3,(H,45,51)(H,46,52)(H,48,49)/t34-,37?,41-,58?/m0/s1. The van der Waals surface area contributed by atoms with Crippen LogP contribution >= 0.6 is 7.82 Å². The number of unbranched alkanes of at least 4 members (excludes halogenated alkanes) is 12. The lowest BCUT2D eigenvalue weighted by Gasteiger charge is -2.24. The van der Waals surface area contributed by atoms with Gasteiger partial charge in [0, 0.05) is 36.6 Å². The topological polar surface area (TPSA) is 200 Å². The Labute approximate surface area is 346 Å². The van der Waals surface area contributed by atoms with Gasteiger partial charge in [-0.3, -0.25) is 32.7 Å². The number of benzene rings is 1. The molecule has 2 rings (SSSR count). The van der Waals surface area contributed by atoms with Gasteiger partial charge in [-0.25, -0.2) is 4.57 Å². The highest BCUT2D eigenvalue weighted by Gasteiger charge is 2.30. The maximum absolute atomic E-state index is 13.3. The Morgan fingerprint density at radius 2 is 1.47 bits per heavy atom. The summed E-state index contributed by atoms with van der Waals surface area (Å²) in [6, 6.07) is 5.68. The van der Waals surface area contributed by atoms with Gasteiger partial charge in [-0.05, 0) is 30.4 Å². The molecule has 1 aromatic carbocycles. The van der Waals surface area contributed by atoms with Gasteiger partial charge in [0.05, 0.1) is 32.8 Å². The van der Waals surface area contributed by atoms with Gasteiger partial charge in [-0.1, -0.05) is 129 Å². The number of hydrogen-bond donors (Lipinski definition) is 5. The van der Waals surface area contributed by atoms with E-state index in [-0.39, 0.29) is 57.1 Å². The molecule has 0 saturated carbocycles. The summed E-state index contributed by atoms with van der Waals surface area (Å²) in [5.74, 6) is -1.68. The van der Waals surface area contributed by atoms with Gasteiger partial charge >= 0.3 is 13.8 Å². The van der Waals surface area contributed by atoms with Gasteiger partial charge in [-0.15, -0.1) is 6.58 Å². The average Bonchev–Trinajstić information content (AvgIpc) is 3.63. The van der Waals surface area contributed by atoms with Gasteiger partial charge < -0.3 is 31.4 Å². The number of aromatic amines is 1. The first-order valence-electron chi connectivity index (χ1n) is 21.5. The Kier molecular flexibility index (Phi) is 26.6. The molecule has 0 radical (unpaired) electrons. The van der Waals surface area contributed by atoms with E-state index in [0.717, 1.165) is 35.7 Å². The highest BCUT2D eigenvalue weighted by atomic mass is 31.2. The molecule has 0 saturated heterocycles. The van der Waals surface area contributed by atoms with Crippen molar-refractivity contribution in [3.8, 4) is 0 Å². The highest BCUT2D eigenvalue weighted by molar-refractivity contribution is 7.48. The zero-order valence-electron chi connectivity index (χ0n) is 35.4. The number of nitrogens with one attached hydrogen (secondary N) is 4. The van der Waals surface area contributed by atoms with Crippen LogP contribution in [0.1, 0.15) is 129 Å². The molecule has 328 valence electrons. The van der Waals surface area contributed by atoms with Crippen LogP contribution in [0.25, 0.3) is 10.9 Å². The quantitative estimate of drug-likeness (QED) is 0.0200. The number of fused-ring (bicyclic) bond motifs is 1. The van der Waals surface area contributed by atoms with Crippen molar-refractivity contribution < 1.29 is 42.1 Å². The van der Waals surface area contributed by atoms with Crippen molar-refractivity contribution in [2.24, 2.45) is 11.7 Å². The number of hydrogen-bond acceptors (Lipinski definition) is 10. The summed E-state index contributed by atoms with van der Waals surface area (Å²) in [7, 11) is -4.20. The molecule has 2 aromatic rings. The van der Waals surface area contributed by atoms with E-state index < -0.39 is 38.3 Å². The third kappa shape index (κ3) is 21.5. The summed E-state index contributed by atoms with van der Waals surface area (Å²) in [5.41, 5.74) is 7.71. The van der Waals surface area contributed by atoms with E-state index in [9.17, 15) is 23.7 Å². The summed E-state index contributed by atoms with van der Waals surface area (Å²) in [6.07, 6.45) is 20.8. The van der Waals surface area contributed by atoms with Crippen LogP contribution in [-0.4, -0.2) is 80.3 Å². The second kappa shape index (κ2) is 30.5. The second-order valence-corrected chi connectivity index (χ2v) is 16.6. The minimum atomic E-state index is -4.20. The Morgan fingerprint density at radius 3 is 2.12 bits per heavy atom. The number of carbonyl (C=O) groups is 4. The number of ether oxygens (including phenoxy) is 1. The Balaban J connectivity index is 1.62. The predicted octanol–water partition coefficient (Wildman–Crippen LogP) is 7.56. The van der Waals surface area contributed by atoms with E-state index in [0.29, 0.717) is 19.3 Å². The van der Waals surface area contributed by atoms with E-state index in [1.54, 1.807) is 6.20 Å². The summed E-state index contributed by atoms with van der Waals surface area (Å²) in [6.45, 7) is 9.02. The average molecular weight is 834 g/mol. The molecular formula is C43H72N5O9P. The number of aromatic nitrogens is 1. The molecule has 6 N–H and O–H groups in total. The van der Waals surface area contributed by atoms with E-state index in [4.69, 9.17) is 24.0 Å². The normalized spacial score (nSPS) is 13.9. The van der Waals surface area contributed by atoms with Crippen LogP contribution < -0.4 is 21.7 Å². The number of carbonyl (C=O) groups excluding carboxylic acids is 4. The lowest BCUT2D eigenvalue weighted by atomic mass is 9.98. The minimum Gasteiger partial charge on any atom is -0.466 e. The molecule has 0 aliphatic heterocycles. The molecular weight excluding hydrogens is 761 g/mol. The zero-order valence-corrected chi connectivity index (χ0v) is 36.3. The van der Waals surface area contributed by atoms with Crippen molar-refractivity contribution in [1.29, 1.82) is 0 Å². The molecule has 1 heterocycles. The van der Waals surface area contributed by atoms with Crippen molar-refractivity contribution in [2.75, 3.05) is 39.5 Å². The molecule has 0 aliphatic rings. The number of rotatable bonds is 35. The van der Waals surface area contributed by atoms with E-state index in [2.05, 4.69) is 34.4 Å². The molecule has 3 amide bonds. The Bertz CT molecular complexity index is 1540. The van der Waals surface area contributed by atoms with E-state index in [1.807, 2.05) is 38.1 Å². The minimum absolute atomic E-state index is 0.0641. The maximum Gasteiger partial charge on any atom is 0.475 e. The number of phosphoric acid groups is 1. The zero-order chi connectivity index (χ0) is 42.4. The predicted molar refractivity (Wildman–Crippen MR) is 229 cm³/mol.